The molecule has 0 unspecified atom stereocenters. The first-order chi connectivity index (χ1) is 12.0. The summed E-state index contributed by atoms with van der Waals surface area (Å²) in [7, 11) is -2.30. The van der Waals surface area contributed by atoms with Crippen LogP contribution < -0.4 is 8.92 Å². The summed E-state index contributed by atoms with van der Waals surface area (Å²) in [4.78, 5) is 4.19. The van der Waals surface area contributed by atoms with Crippen LogP contribution in [-0.2, 0) is 10.1 Å². The Balaban J connectivity index is 1.81. The minimum absolute atomic E-state index is 0.0206. The minimum atomic E-state index is -3.90. The molecule has 1 heterocycles. The van der Waals surface area contributed by atoms with Crippen molar-refractivity contribution in [2.24, 2.45) is 0 Å². The van der Waals surface area contributed by atoms with Crippen LogP contribution in [0.5, 0.6) is 11.6 Å². The second-order valence-electron chi connectivity index (χ2n) is 5.47. The Labute approximate surface area is 147 Å². The van der Waals surface area contributed by atoms with Gasteiger partial charge in [0.1, 0.15) is 10.6 Å². The predicted octanol–water partition coefficient (Wildman–Crippen LogP) is 3.83. The lowest BCUT2D eigenvalue weighted by Gasteiger charge is -2.08. The van der Waals surface area contributed by atoms with Crippen molar-refractivity contribution >= 4 is 10.1 Å². The molecule has 3 rings (SSSR count). The number of aromatic nitrogens is 1. The van der Waals surface area contributed by atoms with Gasteiger partial charge in [0, 0.05) is 17.8 Å². The third-order valence-electron chi connectivity index (χ3n) is 3.64. The molecule has 2 aromatic carbocycles. The highest BCUT2D eigenvalue weighted by molar-refractivity contribution is 7.87. The van der Waals surface area contributed by atoms with Gasteiger partial charge in [-0.05, 0) is 42.8 Å². The minimum Gasteiger partial charge on any atom is -0.497 e. The van der Waals surface area contributed by atoms with Crippen LogP contribution in [0.2, 0.25) is 0 Å². The first-order valence-electron chi connectivity index (χ1n) is 7.59. The van der Waals surface area contributed by atoms with E-state index in [-0.39, 0.29) is 10.8 Å². The van der Waals surface area contributed by atoms with Gasteiger partial charge in [0.05, 0.1) is 7.11 Å². The average Bonchev–Trinajstić information content (AvgIpc) is 2.62. The van der Waals surface area contributed by atoms with E-state index in [9.17, 15) is 8.42 Å². The fourth-order valence-electron chi connectivity index (χ4n) is 2.27. The van der Waals surface area contributed by atoms with E-state index in [1.165, 1.54) is 18.2 Å². The molecule has 0 aliphatic carbocycles. The van der Waals surface area contributed by atoms with E-state index in [1.54, 1.807) is 31.5 Å². The Morgan fingerprint density at radius 2 is 1.68 bits per heavy atom. The second kappa shape index (κ2) is 6.94. The molecule has 0 atom stereocenters. The van der Waals surface area contributed by atoms with Crippen molar-refractivity contribution in [2.45, 2.75) is 11.8 Å². The molecule has 0 amide bonds. The molecule has 128 valence electrons. The summed E-state index contributed by atoms with van der Waals surface area (Å²) in [5.41, 5.74) is 2.72. The van der Waals surface area contributed by atoms with Gasteiger partial charge in [0.2, 0.25) is 5.88 Å². The van der Waals surface area contributed by atoms with E-state index in [0.717, 1.165) is 22.4 Å². The van der Waals surface area contributed by atoms with Crippen LogP contribution in [0.4, 0.5) is 0 Å². The maximum Gasteiger partial charge on any atom is 0.340 e. The van der Waals surface area contributed by atoms with Gasteiger partial charge in [0.15, 0.2) is 0 Å². The van der Waals surface area contributed by atoms with E-state index >= 15 is 0 Å². The Morgan fingerprint density at radius 1 is 0.920 bits per heavy atom. The van der Waals surface area contributed by atoms with E-state index in [2.05, 4.69) is 4.98 Å². The zero-order valence-electron chi connectivity index (χ0n) is 13.8. The Morgan fingerprint density at radius 3 is 2.32 bits per heavy atom. The van der Waals surface area contributed by atoms with Crippen molar-refractivity contribution in [1.82, 2.24) is 4.98 Å². The first-order valence-corrected chi connectivity index (χ1v) is 9.00. The van der Waals surface area contributed by atoms with Crippen molar-refractivity contribution in [3.63, 3.8) is 0 Å². The fraction of sp³-hybridized carbons (Fsp3) is 0.105. The molecule has 25 heavy (non-hydrogen) atoms. The lowest BCUT2D eigenvalue weighted by molar-refractivity contribution is 0.415. The lowest BCUT2D eigenvalue weighted by atomic mass is 10.1. The summed E-state index contributed by atoms with van der Waals surface area (Å²) in [6.07, 6.45) is 1.56. The number of ether oxygens (including phenoxy) is 1. The Bertz CT molecular complexity index is 965. The summed E-state index contributed by atoms with van der Waals surface area (Å²) in [6, 6.07) is 17.3. The number of hydrogen-bond donors (Lipinski definition) is 0. The number of nitrogens with zero attached hydrogens (tertiary/aromatic N) is 1. The summed E-state index contributed by atoms with van der Waals surface area (Å²) in [5, 5.41) is 0. The number of rotatable bonds is 5. The molecule has 0 bridgehead atoms. The van der Waals surface area contributed by atoms with Crippen LogP contribution in [0.3, 0.4) is 0 Å². The van der Waals surface area contributed by atoms with Crippen LogP contribution in [0.15, 0.2) is 71.8 Å². The topological polar surface area (TPSA) is 65.5 Å². The molecule has 0 saturated heterocycles. The highest BCUT2D eigenvalue weighted by atomic mass is 32.2. The van der Waals surface area contributed by atoms with E-state index in [0.29, 0.717) is 0 Å². The number of pyridine rings is 1. The fourth-order valence-corrected chi connectivity index (χ4v) is 3.16. The third-order valence-corrected chi connectivity index (χ3v) is 4.88. The summed E-state index contributed by atoms with van der Waals surface area (Å²) < 4.78 is 34.8. The van der Waals surface area contributed by atoms with Gasteiger partial charge < -0.3 is 8.92 Å². The number of hydrogen-bond acceptors (Lipinski definition) is 5. The van der Waals surface area contributed by atoms with Crippen molar-refractivity contribution < 1.29 is 17.3 Å². The van der Waals surface area contributed by atoms with Gasteiger partial charge in [-0.15, -0.1) is 0 Å². The molecule has 0 saturated carbocycles. The van der Waals surface area contributed by atoms with Crippen molar-refractivity contribution in [3.8, 4) is 22.8 Å². The highest BCUT2D eigenvalue weighted by Gasteiger charge is 2.17. The highest BCUT2D eigenvalue weighted by Crippen LogP contribution is 2.25. The summed E-state index contributed by atoms with van der Waals surface area (Å²) in [6.45, 7) is 1.89. The number of benzene rings is 2. The molecule has 0 fully saturated rings. The van der Waals surface area contributed by atoms with Gasteiger partial charge in [-0.3, -0.25) is 0 Å². The maximum atomic E-state index is 12.3. The van der Waals surface area contributed by atoms with Crippen LogP contribution in [0.1, 0.15) is 5.56 Å². The quantitative estimate of drug-likeness (QED) is 0.651. The first kappa shape index (κ1) is 17.0. The van der Waals surface area contributed by atoms with Crippen LogP contribution in [-0.4, -0.2) is 20.5 Å². The monoisotopic (exact) mass is 355 g/mol. The molecule has 5 nitrogen and oxygen atoms in total. The largest absolute Gasteiger partial charge is 0.497 e. The molecule has 0 aliphatic rings. The standard InChI is InChI=1S/C19H17NO4S/c1-14-6-9-18(10-7-14)25(21,22)24-19-11-8-16(13-20-19)15-4-3-5-17(12-15)23-2/h3-13H,1-2H3. The van der Waals surface area contributed by atoms with E-state index in [1.807, 2.05) is 31.2 Å². The van der Waals surface area contributed by atoms with Crippen LogP contribution in [0, 0.1) is 6.92 Å². The van der Waals surface area contributed by atoms with Crippen LogP contribution >= 0.6 is 0 Å². The molecule has 3 aromatic rings. The SMILES string of the molecule is COc1cccc(-c2ccc(OS(=O)(=O)c3ccc(C)cc3)nc2)c1. The zero-order valence-corrected chi connectivity index (χ0v) is 14.7. The Kier molecular flexibility index (Phi) is 4.72. The van der Waals surface area contributed by atoms with Gasteiger partial charge in [-0.1, -0.05) is 29.8 Å². The average molecular weight is 355 g/mol. The summed E-state index contributed by atoms with van der Waals surface area (Å²) >= 11 is 0. The van der Waals surface area contributed by atoms with Gasteiger partial charge in [-0.25, -0.2) is 4.98 Å². The smallest absolute Gasteiger partial charge is 0.340 e. The molecular formula is C19H17NO4S. The maximum absolute atomic E-state index is 12.3. The predicted molar refractivity (Wildman–Crippen MR) is 95.2 cm³/mol. The zero-order chi connectivity index (χ0) is 17.9. The lowest BCUT2D eigenvalue weighted by Crippen LogP contribution is -2.10. The molecule has 6 heteroatoms. The number of methoxy groups -OCH3 is 1. The van der Waals surface area contributed by atoms with Crippen molar-refractivity contribution in [3.05, 3.63) is 72.4 Å². The molecule has 0 spiro atoms. The Hall–Kier alpha value is -2.86. The molecule has 0 radical (unpaired) electrons. The number of aryl methyl sites for hydroxylation is 1. The second-order valence-corrected chi connectivity index (χ2v) is 7.01. The van der Waals surface area contributed by atoms with Gasteiger partial charge in [-0.2, -0.15) is 8.42 Å². The normalized spacial score (nSPS) is 11.1. The van der Waals surface area contributed by atoms with Crippen LogP contribution in [0.25, 0.3) is 11.1 Å². The van der Waals surface area contributed by atoms with Gasteiger partial charge in [0.25, 0.3) is 0 Å². The summed E-state index contributed by atoms with van der Waals surface area (Å²) in [5.74, 6) is 0.756. The van der Waals surface area contributed by atoms with Crippen molar-refractivity contribution in [1.29, 1.82) is 0 Å². The van der Waals surface area contributed by atoms with Crippen molar-refractivity contribution in [2.75, 3.05) is 7.11 Å². The third kappa shape index (κ3) is 3.97. The molecule has 1 aromatic heterocycles. The molecular weight excluding hydrogens is 338 g/mol. The van der Waals surface area contributed by atoms with E-state index < -0.39 is 10.1 Å². The van der Waals surface area contributed by atoms with Gasteiger partial charge >= 0.3 is 10.1 Å². The molecule has 0 aliphatic heterocycles. The molecule has 0 N–H and O–H groups in total. The van der Waals surface area contributed by atoms with E-state index in [4.69, 9.17) is 8.92 Å².